The third-order valence-corrected chi connectivity index (χ3v) is 15.3. The number of hydrogen-bond acceptors (Lipinski definition) is 15. The molecule has 3 aliphatic carbocycles. The van der Waals surface area contributed by atoms with Crippen LogP contribution in [0.15, 0.2) is 182 Å². The van der Waals surface area contributed by atoms with Crippen molar-refractivity contribution in [2.45, 2.75) is 17.8 Å². The van der Waals surface area contributed by atoms with Crippen molar-refractivity contribution in [3.63, 3.8) is 0 Å². The predicted octanol–water partition coefficient (Wildman–Crippen LogP) is 10.5. The maximum atomic E-state index is 12.4. The van der Waals surface area contributed by atoms with Gasteiger partial charge in [-0.2, -0.15) is 4.98 Å². The third-order valence-electron chi connectivity index (χ3n) is 15.3. The fourth-order valence-corrected chi connectivity index (χ4v) is 11.3. The van der Waals surface area contributed by atoms with Crippen LogP contribution in [-0.4, -0.2) is 96.7 Å². The van der Waals surface area contributed by atoms with Gasteiger partial charge in [0.1, 0.15) is 32.5 Å². The zero-order valence-corrected chi connectivity index (χ0v) is 45.9. The van der Waals surface area contributed by atoms with E-state index >= 15 is 0 Å². The lowest BCUT2D eigenvalue weighted by Gasteiger charge is -2.14. The van der Waals surface area contributed by atoms with E-state index in [1.807, 2.05) is 86.9 Å². The first-order chi connectivity index (χ1) is 41.6. The molecular weight excluding hydrogens is 1080 g/mol. The molecule has 15 rings (SSSR count). The van der Waals surface area contributed by atoms with E-state index in [9.17, 15) is 19.2 Å². The lowest BCUT2D eigenvalue weighted by molar-refractivity contribution is 0.157. The van der Waals surface area contributed by atoms with Gasteiger partial charge in [0.2, 0.25) is 5.95 Å². The molecule has 0 saturated heterocycles. The number of hydrogen-bond donors (Lipinski definition) is 4. The van der Waals surface area contributed by atoms with Crippen LogP contribution < -0.4 is 21.5 Å². The molecule has 4 N–H and O–H groups in total. The highest BCUT2D eigenvalue weighted by atomic mass is 16.6. The number of fused-ring (bicyclic) bond motifs is 12. The molecule has 12 aromatic rings. The van der Waals surface area contributed by atoms with Gasteiger partial charge in [-0.1, -0.05) is 146 Å². The molecule has 3 amide bonds. The Kier molecular flexibility index (Phi) is 14.0. The molecule has 0 spiro atoms. The van der Waals surface area contributed by atoms with Crippen LogP contribution in [0.2, 0.25) is 0 Å². The van der Waals surface area contributed by atoms with Gasteiger partial charge in [0.05, 0.1) is 19.0 Å². The molecule has 22 nitrogen and oxygen atoms in total. The van der Waals surface area contributed by atoms with Gasteiger partial charge in [0.25, 0.3) is 5.56 Å². The molecule has 0 saturated carbocycles. The number of carbonyl (C=O) groups excluding carboxylic acids is 3. The summed E-state index contributed by atoms with van der Waals surface area (Å²) < 4.78 is 21.7. The van der Waals surface area contributed by atoms with Crippen LogP contribution in [0.1, 0.15) is 51.1 Å². The highest BCUT2D eigenvalue weighted by molar-refractivity contribution is 5.94. The Hall–Kier alpha value is -11.4. The maximum Gasteiger partial charge on any atom is 0.414 e. The van der Waals surface area contributed by atoms with E-state index in [0.29, 0.717) is 39.6 Å². The number of ether oxygens (including phenoxy) is 3. The van der Waals surface area contributed by atoms with Gasteiger partial charge in [-0.15, -0.1) is 0 Å². The smallest absolute Gasteiger partial charge is 0.414 e. The molecule has 6 aromatic carbocycles. The van der Waals surface area contributed by atoms with Crippen molar-refractivity contribution in [3.05, 3.63) is 221 Å². The van der Waals surface area contributed by atoms with Gasteiger partial charge in [-0.3, -0.25) is 25.7 Å². The molecule has 0 atom stereocenters. The van der Waals surface area contributed by atoms with E-state index in [2.05, 4.69) is 134 Å². The van der Waals surface area contributed by atoms with Gasteiger partial charge in [0, 0.05) is 38.9 Å². The zero-order chi connectivity index (χ0) is 58.1. The Morgan fingerprint density at radius 3 is 1.07 bits per heavy atom. The van der Waals surface area contributed by atoms with Crippen molar-refractivity contribution in [2.24, 2.45) is 21.1 Å². The number of aromatic nitrogens is 12. The van der Waals surface area contributed by atoms with Crippen molar-refractivity contribution in [1.82, 2.24) is 58.6 Å². The maximum absolute atomic E-state index is 12.4. The summed E-state index contributed by atoms with van der Waals surface area (Å²) in [6.07, 6.45) is 5.72. The number of nitrogens with one attached hydrogen (secondary N) is 4. The SMILES string of the molecule is Cn1cnc2c(=O)[nH]c(NC(=O)OCC3c4ccccc4-c4ccccc43)nc21.Cn1cnc2c(NC(=O)OCC3c4ccccc4-c4ccccc43)ncnc21.Cn1cnc2c(NC(=O)OCC3c4ccccc4-c4ccccc43)ncnc21. The number of H-pyrrole nitrogens is 1. The normalized spacial score (nSPS) is 12.6. The van der Waals surface area contributed by atoms with Crippen LogP contribution in [0.4, 0.5) is 32.0 Å². The molecule has 3 aliphatic rings. The molecule has 6 heterocycles. The monoisotopic (exact) mass is 1130 g/mol. The number of nitrogens with zero attached hydrogens (tertiary/aromatic N) is 11. The Balaban J connectivity index is 0.000000119. The molecule has 0 fully saturated rings. The molecule has 85 heavy (non-hydrogen) atoms. The van der Waals surface area contributed by atoms with Crippen LogP contribution in [0.25, 0.3) is 66.9 Å². The van der Waals surface area contributed by atoms with E-state index in [4.69, 9.17) is 14.2 Å². The molecule has 420 valence electrons. The van der Waals surface area contributed by atoms with Crippen molar-refractivity contribution in [3.8, 4) is 33.4 Å². The largest absolute Gasteiger partial charge is 0.448 e. The van der Waals surface area contributed by atoms with Crippen molar-refractivity contribution in [2.75, 3.05) is 35.8 Å². The Morgan fingerprint density at radius 1 is 0.412 bits per heavy atom. The van der Waals surface area contributed by atoms with Crippen molar-refractivity contribution >= 4 is 69.4 Å². The minimum atomic E-state index is -0.684. The molecule has 6 aromatic heterocycles. The number of anilines is 3. The van der Waals surface area contributed by atoms with Crippen molar-refractivity contribution < 1.29 is 28.6 Å². The summed E-state index contributed by atoms with van der Waals surface area (Å²) in [4.78, 5) is 85.0. The van der Waals surface area contributed by atoms with E-state index in [-0.39, 0.29) is 49.0 Å². The second-order valence-corrected chi connectivity index (χ2v) is 20.3. The summed E-state index contributed by atoms with van der Waals surface area (Å²) in [5, 5.41) is 7.86. The minimum absolute atomic E-state index is 0.0124. The average molecular weight is 1130 g/mol. The van der Waals surface area contributed by atoms with Gasteiger partial charge in [0.15, 0.2) is 45.1 Å². The Labute approximate surface area is 483 Å². The van der Waals surface area contributed by atoms with E-state index in [1.54, 1.807) is 33.4 Å². The Bertz CT molecular complexity index is 4300. The van der Waals surface area contributed by atoms with Gasteiger partial charge in [-0.25, -0.2) is 49.3 Å². The molecule has 22 heteroatoms. The molecule has 0 aliphatic heterocycles. The van der Waals surface area contributed by atoms with Crippen LogP contribution in [-0.2, 0) is 35.4 Å². The van der Waals surface area contributed by atoms with E-state index < -0.39 is 23.8 Å². The van der Waals surface area contributed by atoms with Crippen molar-refractivity contribution in [1.29, 1.82) is 0 Å². The topological polar surface area (TPSA) is 266 Å². The number of imidazole rings is 3. The summed E-state index contributed by atoms with van der Waals surface area (Å²) in [5.41, 5.74) is 16.5. The second-order valence-electron chi connectivity index (χ2n) is 20.3. The summed E-state index contributed by atoms with van der Waals surface area (Å²) in [6.45, 7) is 0.671. The lowest BCUT2D eigenvalue weighted by atomic mass is 9.98. The summed E-state index contributed by atoms with van der Waals surface area (Å²) in [6, 6.07) is 49.1. The third kappa shape index (κ3) is 10.2. The van der Waals surface area contributed by atoms with E-state index in [1.165, 1.54) is 63.5 Å². The van der Waals surface area contributed by atoms with Crippen LogP contribution >= 0.6 is 0 Å². The number of aromatic amines is 1. The second kappa shape index (κ2) is 22.5. The number of carbonyl (C=O) groups is 3. The van der Waals surface area contributed by atoms with E-state index in [0.717, 1.165) is 22.3 Å². The zero-order valence-electron chi connectivity index (χ0n) is 45.9. The first kappa shape index (κ1) is 52.9. The van der Waals surface area contributed by atoms with Gasteiger partial charge >= 0.3 is 18.3 Å². The number of amides is 3. The molecule has 0 unspecified atom stereocenters. The van der Waals surface area contributed by atoms with Gasteiger partial charge in [-0.05, 0) is 66.8 Å². The fraction of sp³-hybridized carbons (Fsp3) is 0.143. The Morgan fingerprint density at radius 2 is 0.718 bits per heavy atom. The summed E-state index contributed by atoms with van der Waals surface area (Å²) in [7, 11) is 5.39. The van der Waals surface area contributed by atoms with Gasteiger partial charge < -0.3 is 27.9 Å². The highest BCUT2D eigenvalue weighted by Gasteiger charge is 2.32. The molecular formula is C63H51N15O7. The first-order valence-electron chi connectivity index (χ1n) is 27.1. The van der Waals surface area contributed by atoms with Crippen LogP contribution in [0, 0.1) is 0 Å². The van der Waals surface area contributed by atoms with Crippen LogP contribution in [0.5, 0.6) is 0 Å². The lowest BCUT2D eigenvalue weighted by Crippen LogP contribution is -2.21. The number of rotatable bonds is 9. The van der Waals surface area contributed by atoms with Crippen LogP contribution in [0.3, 0.4) is 0 Å². The average Bonchev–Trinajstić information content (AvgIpc) is 2.79. The number of aryl methyl sites for hydroxylation is 3. The summed E-state index contributed by atoms with van der Waals surface area (Å²) in [5.74, 6) is 0.672. The standard InChI is InChI=1S/C21H17N5O3.2C21H17N5O2/c1-26-11-22-17-18(26)23-20(24-19(17)27)25-21(28)29-10-16-14-8-4-2-6-12(14)13-7-3-5-9-15(13)16;2*1-26-12-24-18-19(22-11-23-20(18)26)25-21(27)28-10-17-15-8-4-2-6-13(15)14-7-3-5-9-16(14)17/h2-9,11,16H,10H2,1H3,(H2,23,24,25,27,28);2*2-9,11-12,17H,10H2,1H3,(H,22,23,25,27). The summed E-state index contributed by atoms with van der Waals surface area (Å²) >= 11 is 0. The highest BCUT2D eigenvalue weighted by Crippen LogP contribution is 2.47. The minimum Gasteiger partial charge on any atom is -0.448 e. The first-order valence-corrected chi connectivity index (χ1v) is 27.1. The number of benzene rings is 6. The predicted molar refractivity (Wildman–Crippen MR) is 318 cm³/mol. The molecule has 0 radical (unpaired) electrons. The fourth-order valence-electron chi connectivity index (χ4n) is 11.3. The quantitative estimate of drug-likeness (QED) is 0.0979. The molecule has 0 bridgehead atoms.